The molecule has 2 aromatic rings. The highest BCUT2D eigenvalue weighted by molar-refractivity contribution is 5.86. The molecule has 0 saturated heterocycles. The number of carboxylic acids is 1. The Hall–Kier alpha value is -2.71. The number of amides is 1. The third kappa shape index (κ3) is 3.07. The first-order valence-corrected chi connectivity index (χ1v) is 6.33. The molecule has 21 heavy (non-hydrogen) atoms. The Morgan fingerprint density at radius 1 is 1.38 bits per heavy atom. The fourth-order valence-electron chi connectivity index (χ4n) is 1.90. The van der Waals surface area contributed by atoms with Crippen LogP contribution in [0.2, 0.25) is 0 Å². The van der Waals surface area contributed by atoms with Gasteiger partial charge in [-0.3, -0.25) is 4.79 Å². The molecule has 0 bridgehead atoms. The van der Waals surface area contributed by atoms with Gasteiger partial charge in [-0.05, 0) is 5.92 Å². The Bertz CT molecular complexity index is 681. The summed E-state index contributed by atoms with van der Waals surface area (Å²) in [6.45, 7) is 3.35. The van der Waals surface area contributed by atoms with Crippen molar-refractivity contribution in [3.05, 3.63) is 12.7 Å². The average molecular weight is 292 g/mol. The fraction of sp³-hybridized carbons (Fsp3) is 0.417. The molecule has 112 valence electrons. The molecule has 0 fully saturated rings. The number of carbonyl (C=O) groups excluding carboxylic acids is 1. The second kappa shape index (κ2) is 5.73. The molecule has 2 rings (SSSR count). The highest BCUT2D eigenvalue weighted by atomic mass is 16.4. The molecular weight excluding hydrogens is 276 g/mol. The summed E-state index contributed by atoms with van der Waals surface area (Å²) in [7, 11) is 0. The van der Waals surface area contributed by atoms with Gasteiger partial charge in [0, 0.05) is 0 Å². The maximum absolute atomic E-state index is 12.0. The van der Waals surface area contributed by atoms with Crippen molar-refractivity contribution in [1.29, 1.82) is 0 Å². The van der Waals surface area contributed by atoms with Crippen LogP contribution in [0.3, 0.4) is 0 Å². The van der Waals surface area contributed by atoms with Crippen molar-refractivity contribution in [2.75, 3.05) is 5.73 Å². The number of nitrogens with zero attached hydrogens (tertiary/aromatic N) is 4. The van der Waals surface area contributed by atoms with Crippen LogP contribution >= 0.6 is 0 Å². The normalized spacial score (nSPS) is 12.5. The first kappa shape index (κ1) is 14.7. The molecule has 0 aromatic carbocycles. The van der Waals surface area contributed by atoms with E-state index < -0.39 is 17.9 Å². The standard InChI is InChI=1S/C12H16N6O3/c1-6(2)8(12(20)21)17-7(19)3-18-5-16-9-10(13)14-4-15-11(9)18/h4-6,8H,3H2,1-2H3,(H,17,19)(H,20,21)(H2,13,14,15)/t8-/m0/s1. The Kier molecular flexibility index (Phi) is 4.01. The monoisotopic (exact) mass is 292 g/mol. The summed E-state index contributed by atoms with van der Waals surface area (Å²) in [6.07, 6.45) is 2.70. The van der Waals surface area contributed by atoms with Gasteiger partial charge in [0.05, 0.1) is 6.33 Å². The number of hydrogen-bond acceptors (Lipinski definition) is 6. The molecule has 1 amide bonds. The van der Waals surface area contributed by atoms with Gasteiger partial charge in [0.2, 0.25) is 5.91 Å². The molecule has 2 aromatic heterocycles. The second-order valence-electron chi connectivity index (χ2n) is 4.93. The second-order valence-corrected chi connectivity index (χ2v) is 4.93. The highest BCUT2D eigenvalue weighted by Gasteiger charge is 2.23. The minimum atomic E-state index is -1.07. The SMILES string of the molecule is CC(C)[C@H](NC(=O)Cn1cnc2c(N)ncnc21)C(=O)O. The van der Waals surface area contributed by atoms with Gasteiger partial charge in [-0.15, -0.1) is 0 Å². The summed E-state index contributed by atoms with van der Waals surface area (Å²) < 4.78 is 1.49. The number of aromatic nitrogens is 4. The van der Waals surface area contributed by atoms with Crippen LogP contribution in [0.5, 0.6) is 0 Å². The Labute approximate surface area is 120 Å². The smallest absolute Gasteiger partial charge is 0.326 e. The number of hydrogen-bond donors (Lipinski definition) is 3. The van der Waals surface area contributed by atoms with Crippen LogP contribution in [0.4, 0.5) is 5.82 Å². The quantitative estimate of drug-likeness (QED) is 0.684. The van der Waals surface area contributed by atoms with E-state index in [4.69, 9.17) is 10.8 Å². The Balaban J connectivity index is 2.15. The van der Waals surface area contributed by atoms with Crippen LogP contribution in [-0.4, -0.2) is 42.5 Å². The molecule has 9 heteroatoms. The molecule has 9 nitrogen and oxygen atoms in total. The van der Waals surface area contributed by atoms with Gasteiger partial charge >= 0.3 is 5.97 Å². The summed E-state index contributed by atoms with van der Waals surface area (Å²) in [5.74, 6) is -1.50. The molecular formula is C12H16N6O3. The lowest BCUT2D eigenvalue weighted by atomic mass is 10.1. The minimum Gasteiger partial charge on any atom is -0.480 e. The van der Waals surface area contributed by atoms with Gasteiger partial charge in [0.15, 0.2) is 11.5 Å². The lowest BCUT2D eigenvalue weighted by molar-refractivity contribution is -0.143. The maximum Gasteiger partial charge on any atom is 0.326 e. The van der Waals surface area contributed by atoms with Gasteiger partial charge in [-0.25, -0.2) is 19.7 Å². The van der Waals surface area contributed by atoms with Crippen molar-refractivity contribution < 1.29 is 14.7 Å². The molecule has 0 aliphatic carbocycles. The Morgan fingerprint density at radius 2 is 2.10 bits per heavy atom. The number of carbonyl (C=O) groups is 2. The molecule has 0 unspecified atom stereocenters. The van der Waals surface area contributed by atoms with E-state index in [2.05, 4.69) is 20.3 Å². The van der Waals surface area contributed by atoms with Crippen LogP contribution in [0.15, 0.2) is 12.7 Å². The first-order valence-electron chi connectivity index (χ1n) is 6.33. The van der Waals surface area contributed by atoms with Crippen molar-refractivity contribution in [2.45, 2.75) is 26.4 Å². The number of nitrogens with one attached hydrogen (secondary N) is 1. The zero-order valence-electron chi connectivity index (χ0n) is 11.6. The van der Waals surface area contributed by atoms with E-state index in [9.17, 15) is 9.59 Å². The zero-order chi connectivity index (χ0) is 15.6. The van der Waals surface area contributed by atoms with Crippen LogP contribution in [0, 0.1) is 5.92 Å². The summed E-state index contributed by atoms with van der Waals surface area (Å²) in [5.41, 5.74) is 6.49. The topological polar surface area (TPSA) is 136 Å². The lowest BCUT2D eigenvalue weighted by Crippen LogP contribution is -2.45. The number of fused-ring (bicyclic) bond motifs is 1. The van der Waals surface area contributed by atoms with Crippen molar-refractivity contribution in [2.24, 2.45) is 5.92 Å². The molecule has 0 radical (unpaired) electrons. The van der Waals surface area contributed by atoms with Crippen molar-refractivity contribution in [1.82, 2.24) is 24.8 Å². The molecule has 0 aliphatic heterocycles. The van der Waals surface area contributed by atoms with Gasteiger partial charge in [-0.2, -0.15) is 0 Å². The number of nitrogens with two attached hydrogens (primary N) is 1. The lowest BCUT2D eigenvalue weighted by Gasteiger charge is -2.17. The molecule has 2 heterocycles. The highest BCUT2D eigenvalue weighted by Crippen LogP contribution is 2.13. The summed E-state index contributed by atoms with van der Waals surface area (Å²) in [6, 6.07) is -0.938. The maximum atomic E-state index is 12.0. The van der Waals surface area contributed by atoms with Crippen LogP contribution in [0.25, 0.3) is 11.2 Å². The van der Waals surface area contributed by atoms with E-state index in [1.54, 1.807) is 13.8 Å². The zero-order valence-corrected chi connectivity index (χ0v) is 11.6. The number of imidazole rings is 1. The van der Waals surface area contributed by atoms with Crippen LogP contribution in [0.1, 0.15) is 13.8 Å². The van der Waals surface area contributed by atoms with E-state index in [0.29, 0.717) is 11.2 Å². The predicted molar refractivity (Wildman–Crippen MR) is 74.1 cm³/mol. The van der Waals surface area contributed by atoms with Gasteiger partial charge in [0.1, 0.15) is 24.4 Å². The van der Waals surface area contributed by atoms with Crippen LogP contribution < -0.4 is 11.1 Å². The fourth-order valence-corrected chi connectivity index (χ4v) is 1.90. The third-order valence-corrected chi connectivity index (χ3v) is 2.99. The van der Waals surface area contributed by atoms with E-state index in [0.717, 1.165) is 0 Å². The van der Waals surface area contributed by atoms with Gasteiger partial charge in [0.25, 0.3) is 0 Å². The van der Waals surface area contributed by atoms with E-state index in [1.165, 1.54) is 17.2 Å². The third-order valence-electron chi connectivity index (χ3n) is 2.99. The number of nitrogen functional groups attached to an aromatic ring is 1. The molecule has 4 N–H and O–H groups in total. The largest absolute Gasteiger partial charge is 0.480 e. The number of anilines is 1. The Morgan fingerprint density at radius 3 is 2.71 bits per heavy atom. The summed E-state index contributed by atoms with van der Waals surface area (Å²) in [5, 5.41) is 11.5. The first-order chi connectivity index (χ1) is 9.90. The summed E-state index contributed by atoms with van der Waals surface area (Å²) >= 11 is 0. The summed E-state index contributed by atoms with van der Waals surface area (Å²) in [4.78, 5) is 34.9. The van der Waals surface area contributed by atoms with Crippen LogP contribution in [-0.2, 0) is 16.1 Å². The van der Waals surface area contributed by atoms with Gasteiger partial charge in [-0.1, -0.05) is 13.8 Å². The van der Waals surface area contributed by atoms with Gasteiger partial charge < -0.3 is 20.7 Å². The van der Waals surface area contributed by atoms with E-state index >= 15 is 0 Å². The number of aliphatic carboxylic acids is 1. The average Bonchev–Trinajstić information content (AvgIpc) is 2.80. The number of rotatable bonds is 5. The molecule has 0 spiro atoms. The molecule has 0 aliphatic rings. The minimum absolute atomic E-state index is 0.0938. The van der Waals surface area contributed by atoms with Crippen molar-refractivity contribution in [3.63, 3.8) is 0 Å². The van der Waals surface area contributed by atoms with Crippen molar-refractivity contribution >= 4 is 28.9 Å². The number of carboxylic acid groups (broad SMARTS) is 1. The van der Waals surface area contributed by atoms with Crippen molar-refractivity contribution in [3.8, 4) is 0 Å². The van der Waals surface area contributed by atoms with E-state index in [-0.39, 0.29) is 18.3 Å². The van der Waals surface area contributed by atoms with E-state index in [1.807, 2.05) is 0 Å². The predicted octanol–water partition coefficient (Wildman–Crippen LogP) is -0.366. The molecule has 0 saturated carbocycles. The molecule has 1 atom stereocenters.